The lowest BCUT2D eigenvalue weighted by molar-refractivity contribution is -0.114. The number of pyridine rings is 1. The van der Waals surface area contributed by atoms with Crippen molar-refractivity contribution in [2.45, 2.75) is 39.0 Å². The van der Waals surface area contributed by atoms with E-state index in [4.69, 9.17) is 4.74 Å². The Bertz CT molecular complexity index is 706. The fraction of sp³-hybridized carbons (Fsp3) is 0.438. The van der Waals surface area contributed by atoms with Crippen LogP contribution in [0.15, 0.2) is 24.5 Å². The average molecular weight is 350 g/mol. The first-order chi connectivity index (χ1) is 11.5. The van der Waals surface area contributed by atoms with E-state index < -0.39 is 0 Å². The molecule has 1 aliphatic rings. The first-order valence-electron chi connectivity index (χ1n) is 7.74. The summed E-state index contributed by atoms with van der Waals surface area (Å²) in [5.41, 5.74) is 0. The molecule has 0 radical (unpaired) electrons. The molecule has 1 fully saturated rings. The third-order valence-electron chi connectivity index (χ3n) is 3.85. The monoisotopic (exact) mass is 350 g/mol. The zero-order chi connectivity index (χ0) is 17.1. The minimum atomic E-state index is -0.371. The van der Waals surface area contributed by atoms with Crippen LogP contribution in [-0.2, 0) is 11.3 Å². The Morgan fingerprint density at radius 3 is 3.00 bits per heavy atom. The van der Waals surface area contributed by atoms with Crippen LogP contribution in [0.25, 0.3) is 0 Å². The van der Waals surface area contributed by atoms with Gasteiger partial charge in [-0.2, -0.15) is 0 Å². The Labute approximate surface area is 143 Å². The molecule has 0 spiro atoms. The smallest absolute Gasteiger partial charge is 0.223 e. The summed E-state index contributed by atoms with van der Waals surface area (Å²) in [6, 6.07) is 3.26. The van der Waals surface area contributed by atoms with Gasteiger partial charge in [-0.3, -0.25) is 9.69 Å². The molecule has 6 nitrogen and oxygen atoms in total. The molecule has 0 aliphatic carbocycles. The topological polar surface area (TPSA) is 67.4 Å². The van der Waals surface area contributed by atoms with Crippen molar-refractivity contribution in [3.63, 3.8) is 0 Å². The van der Waals surface area contributed by atoms with Gasteiger partial charge in [-0.15, -0.1) is 11.3 Å². The summed E-state index contributed by atoms with van der Waals surface area (Å²) < 4.78 is 18.7. The maximum atomic E-state index is 12.9. The van der Waals surface area contributed by atoms with Crippen molar-refractivity contribution in [3.05, 3.63) is 35.2 Å². The second-order valence-electron chi connectivity index (χ2n) is 5.88. The minimum Gasteiger partial charge on any atom is -0.473 e. The Morgan fingerprint density at radius 2 is 2.29 bits per heavy atom. The molecule has 3 rings (SSSR count). The summed E-state index contributed by atoms with van der Waals surface area (Å²) in [5.74, 6) is -0.0455. The van der Waals surface area contributed by atoms with Crippen LogP contribution in [0, 0.1) is 5.82 Å². The number of rotatable bonds is 5. The van der Waals surface area contributed by atoms with Crippen molar-refractivity contribution < 1.29 is 13.9 Å². The van der Waals surface area contributed by atoms with Crippen LogP contribution in [-0.4, -0.2) is 39.5 Å². The zero-order valence-electron chi connectivity index (χ0n) is 13.5. The highest BCUT2D eigenvalue weighted by Crippen LogP contribution is 2.26. The highest BCUT2D eigenvalue weighted by molar-refractivity contribution is 7.15. The van der Waals surface area contributed by atoms with Gasteiger partial charge in [0.25, 0.3) is 0 Å². The number of amides is 1. The molecule has 2 aromatic rings. The second kappa shape index (κ2) is 7.23. The maximum Gasteiger partial charge on any atom is 0.223 e. The van der Waals surface area contributed by atoms with E-state index in [0.29, 0.717) is 17.1 Å². The number of hydrogen-bond donors (Lipinski definition) is 1. The Hall–Kier alpha value is -2.06. The number of likely N-dealkylation sites (tertiary alicyclic amines) is 1. The van der Waals surface area contributed by atoms with Gasteiger partial charge in [0.2, 0.25) is 11.8 Å². The van der Waals surface area contributed by atoms with Gasteiger partial charge in [-0.25, -0.2) is 14.4 Å². The van der Waals surface area contributed by atoms with Crippen LogP contribution in [0.5, 0.6) is 5.88 Å². The number of nitrogens with one attached hydrogen (secondary N) is 1. The van der Waals surface area contributed by atoms with E-state index in [1.807, 2.05) is 0 Å². The molecule has 1 N–H and O–H groups in total. The molecular weight excluding hydrogens is 331 g/mol. The van der Waals surface area contributed by atoms with Crippen molar-refractivity contribution in [2.24, 2.45) is 0 Å². The van der Waals surface area contributed by atoms with Crippen LogP contribution in [0.3, 0.4) is 0 Å². The van der Waals surface area contributed by atoms with Crippen LogP contribution in [0.2, 0.25) is 0 Å². The van der Waals surface area contributed by atoms with Crippen molar-refractivity contribution in [1.82, 2.24) is 14.9 Å². The van der Waals surface area contributed by atoms with E-state index in [-0.39, 0.29) is 17.8 Å². The van der Waals surface area contributed by atoms with Crippen LogP contribution < -0.4 is 10.1 Å². The maximum absolute atomic E-state index is 12.9. The van der Waals surface area contributed by atoms with Crippen molar-refractivity contribution >= 4 is 22.4 Å². The molecule has 24 heavy (non-hydrogen) atoms. The minimum absolute atomic E-state index is 0.0284. The Kier molecular flexibility index (Phi) is 5.06. The fourth-order valence-electron chi connectivity index (χ4n) is 2.74. The van der Waals surface area contributed by atoms with E-state index in [2.05, 4.69) is 27.1 Å². The number of anilines is 1. The molecule has 1 aliphatic heterocycles. The third-order valence-corrected chi connectivity index (χ3v) is 4.75. The van der Waals surface area contributed by atoms with Crippen molar-refractivity contribution in [1.29, 1.82) is 0 Å². The fourth-order valence-corrected chi connectivity index (χ4v) is 3.63. The summed E-state index contributed by atoms with van der Waals surface area (Å²) in [4.78, 5) is 22.6. The lowest BCUT2D eigenvalue weighted by Gasteiger charge is -2.19. The SMILES string of the molecule is CC(=O)Nc1ncc(CN2C[C@@H](Oc3ccc(F)cn3)C[C@H]2C)s1. The molecule has 0 saturated carbocycles. The van der Waals surface area contributed by atoms with Crippen LogP contribution >= 0.6 is 11.3 Å². The summed E-state index contributed by atoms with van der Waals surface area (Å²) in [6.07, 6.45) is 3.86. The molecule has 128 valence electrons. The number of halogens is 1. The molecule has 0 aromatic carbocycles. The van der Waals surface area contributed by atoms with Crippen molar-refractivity contribution in [3.8, 4) is 5.88 Å². The molecule has 0 unspecified atom stereocenters. The summed E-state index contributed by atoms with van der Waals surface area (Å²) in [7, 11) is 0. The largest absolute Gasteiger partial charge is 0.473 e. The summed E-state index contributed by atoms with van der Waals surface area (Å²) in [5, 5.41) is 3.31. The normalized spacial score (nSPS) is 21.0. The van der Waals surface area contributed by atoms with Gasteiger partial charge in [0.15, 0.2) is 5.13 Å². The quantitative estimate of drug-likeness (QED) is 0.898. The predicted molar refractivity (Wildman–Crippen MR) is 89.5 cm³/mol. The molecule has 0 bridgehead atoms. The van der Waals surface area contributed by atoms with E-state index in [1.54, 1.807) is 12.3 Å². The second-order valence-corrected chi connectivity index (χ2v) is 7.00. The van der Waals surface area contributed by atoms with Gasteiger partial charge in [0.1, 0.15) is 11.9 Å². The first-order valence-corrected chi connectivity index (χ1v) is 8.56. The first kappa shape index (κ1) is 16.8. The van der Waals surface area contributed by atoms with Crippen molar-refractivity contribution in [2.75, 3.05) is 11.9 Å². The van der Waals surface area contributed by atoms with E-state index in [9.17, 15) is 9.18 Å². The van der Waals surface area contributed by atoms with Gasteiger partial charge < -0.3 is 10.1 Å². The number of hydrogen-bond acceptors (Lipinski definition) is 6. The number of aromatic nitrogens is 2. The standard InChI is InChI=1S/C16H19FN4O2S/c1-10-5-13(23-15-4-3-12(17)6-18-15)8-21(10)9-14-7-19-16(24-14)20-11(2)22/h3-4,6-7,10,13H,5,8-9H2,1-2H3,(H,19,20,22)/t10-,13+/m1/s1. The number of ether oxygens (including phenoxy) is 1. The molecule has 2 aromatic heterocycles. The third kappa shape index (κ3) is 4.27. The van der Waals surface area contributed by atoms with Crippen LogP contribution in [0.1, 0.15) is 25.1 Å². The number of thiazole rings is 1. The van der Waals surface area contributed by atoms with Gasteiger partial charge in [0.05, 0.1) is 6.20 Å². The summed E-state index contributed by atoms with van der Waals surface area (Å²) in [6.45, 7) is 5.15. The number of carbonyl (C=O) groups is 1. The Morgan fingerprint density at radius 1 is 1.46 bits per heavy atom. The molecule has 1 saturated heterocycles. The van der Waals surface area contributed by atoms with E-state index >= 15 is 0 Å². The van der Waals surface area contributed by atoms with Gasteiger partial charge in [-0.1, -0.05) is 0 Å². The lowest BCUT2D eigenvalue weighted by Crippen LogP contribution is -2.27. The Balaban J connectivity index is 1.56. The average Bonchev–Trinajstić information content (AvgIpc) is 3.08. The highest BCUT2D eigenvalue weighted by Gasteiger charge is 2.31. The molecule has 3 heterocycles. The number of carbonyl (C=O) groups excluding carboxylic acids is 1. The number of nitrogens with zero attached hydrogens (tertiary/aromatic N) is 3. The van der Waals surface area contributed by atoms with E-state index in [0.717, 1.165) is 30.6 Å². The lowest BCUT2D eigenvalue weighted by atomic mass is 10.2. The zero-order valence-corrected chi connectivity index (χ0v) is 14.3. The van der Waals surface area contributed by atoms with Crippen LogP contribution in [0.4, 0.5) is 9.52 Å². The molecular formula is C16H19FN4O2S. The molecule has 2 atom stereocenters. The van der Waals surface area contributed by atoms with E-state index in [1.165, 1.54) is 24.3 Å². The highest BCUT2D eigenvalue weighted by atomic mass is 32.1. The van der Waals surface area contributed by atoms with Gasteiger partial charge in [0, 0.05) is 49.6 Å². The summed E-state index contributed by atoms with van der Waals surface area (Å²) >= 11 is 1.48. The predicted octanol–water partition coefficient (Wildman–Crippen LogP) is 2.68. The molecule has 1 amide bonds. The van der Waals surface area contributed by atoms with Gasteiger partial charge >= 0.3 is 0 Å². The van der Waals surface area contributed by atoms with Gasteiger partial charge in [-0.05, 0) is 13.0 Å². The molecule has 8 heteroatoms.